The van der Waals surface area contributed by atoms with Crippen LogP contribution in [0, 0.1) is 0 Å². The minimum atomic E-state index is 0.882. The Labute approximate surface area is 93.5 Å². The van der Waals surface area contributed by atoms with Crippen LogP contribution in [0.4, 0.5) is 0 Å². The number of nitrogens with zero attached hydrogens (tertiary/aromatic N) is 1. The monoisotopic (exact) mass is 209 g/mol. The third-order valence-corrected chi connectivity index (χ3v) is 2.68. The van der Waals surface area contributed by atoms with Gasteiger partial charge in [-0.1, -0.05) is 42.5 Å². The Morgan fingerprint density at radius 1 is 0.938 bits per heavy atom. The maximum absolute atomic E-state index is 5.41. The zero-order valence-electron chi connectivity index (χ0n) is 8.76. The number of rotatable bonds is 2. The van der Waals surface area contributed by atoms with Gasteiger partial charge in [-0.2, -0.15) is 0 Å². The lowest BCUT2D eigenvalue weighted by Crippen LogP contribution is -1.87. The van der Waals surface area contributed by atoms with Crippen LogP contribution in [0.2, 0.25) is 0 Å². The van der Waals surface area contributed by atoms with E-state index in [2.05, 4.69) is 35.3 Å². The van der Waals surface area contributed by atoms with Crippen molar-refractivity contribution in [3.8, 4) is 0 Å². The lowest BCUT2D eigenvalue weighted by atomic mass is 10.0. The Morgan fingerprint density at radius 2 is 1.81 bits per heavy atom. The SMILES string of the molecule is c1ccc(Cc2cccc3ncoc23)cc1. The molecule has 2 heteroatoms. The molecule has 0 aliphatic carbocycles. The van der Waals surface area contributed by atoms with Gasteiger partial charge in [0.05, 0.1) is 0 Å². The fourth-order valence-corrected chi connectivity index (χ4v) is 1.90. The van der Waals surface area contributed by atoms with Gasteiger partial charge in [0.1, 0.15) is 5.52 Å². The largest absolute Gasteiger partial charge is 0.443 e. The highest BCUT2D eigenvalue weighted by Crippen LogP contribution is 2.20. The standard InChI is InChI=1S/C14H11NO/c1-2-5-11(6-3-1)9-12-7-4-8-13-14(12)16-10-15-13/h1-8,10H,9H2. The molecule has 0 radical (unpaired) electrons. The van der Waals surface area contributed by atoms with Gasteiger partial charge in [0.2, 0.25) is 0 Å². The number of hydrogen-bond donors (Lipinski definition) is 0. The zero-order chi connectivity index (χ0) is 10.8. The van der Waals surface area contributed by atoms with Crippen LogP contribution in [0.1, 0.15) is 11.1 Å². The van der Waals surface area contributed by atoms with Crippen LogP contribution in [-0.4, -0.2) is 4.98 Å². The number of para-hydroxylation sites is 1. The van der Waals surface area contributed by atoms with Crippen LogP contribution in [0.3, 0.4) is 0 Å². The summed E-state index contributed by atoms with van der Waals surface area (Å²) in [5.41, 5.74) is 4.28. The van der Waals surface area contributed by atoms with Gasteiger partial charge in [0.25, 0.3) is 0 Å². The average Bonchev–Trinajstić information content (AvgIpc) is 2.80. The summed E-state index contributed by atoms with van der Waals surface area (Å²) in [7, 11) is 0. The Hall–Kier alpha value is -2.09. The Balaban J connectivity index is 2.04. The van der Waals surface area contributed by atoms with Gasteiger partial charge >= 0.3 is 0 Å². The van der Waals surface area contributed by atoms with Crippen LogP contribution in [0.15, 0.2) is 59.3 Å². The van der Waals surface area contributed by atoms with Crippen LogP contribution < -0.4 is 0 Å². The van der Waals surface area contributed by atoms with Crippen LogP contribution in [0.25, 0.3) is 11.1 Å². The van der Waals surface area contributed by atoms with Gasteiger partial charge in [0, 0.05) is 12.0 Å². The van der Waals surface area contributed by atoms with Crippen molar-refractivity contribution in [2.24, 2.45) is 0 Å². The van der Waals surface area contributed by atoms with Gasteiger partial charge in [-0.05, 0) is 11.6 Å². The summed E-state index contributed by atoms with van der Waals surface area (Å²) in [6.45, 7) is 0. The van der Waals surface area contributed by atoms with E-state index in [-0.39, 0.29) is 0 Å². The second-order valence-electron chi connectivity index (χ2n) is 3.78. The number of hydrogen-bond acceptors (Lipinski definition) is 2. The average molecular weight is 209 g/mol. The third-order valence-electron chi connectivity index (χ3n) is 2.68. The number of benzene rings is 2. The molecule has 78 valence electrons. The summed E-state index contributed by atoms with van der Waals surface area (Å²) >= 11 is 0. The quantitative estimate of drug-likeness (QED) is 0.646. The van der Waals surface area contributed by atoms with Crippen LogP contribution in [0.5, 0.6) is 0 Å². The Kier molecular flexibility index (Phi) is 2.18. The molecule has 3 rings (SSSR count). The summed E-state index contributed by atoms with van der Waals surface area (Å²) < 4.78 is 5.41. The smallest absolute Gasteiger partial charge is 0.181 e. The van der Waals surface area contributed by atoms with Crippen LogP contribution >= 0.6 is 0 Å². The van der Waals surface area contributed by atoms with Crippen LogP contribution in [-0.2, 0) is 6.42 Å². The highest BCUT2D eigenvalue weighted by Gasteiger charge is 2.05. The van der Waals surface area contributed by atoms with Crippen molar-refractivity contribution in [2.75, 3.05) is 0 Å². The molecule has 1 heterocycles. The molecule has 0 bridgehead atoms. The predicted molar refractivity (Wildman–Crippen MR) is 63.3 cm³/mol. The molecule has 2 aromatic carbocycles. The molecule has 0 fully saturated rings. The van der Waals surface area contributed by atoms with Gasteiger partial charge in [0.15, 0.2) is 12.0 Å². The molecule has 0 saturated carbocycles. The molecule has 0 spiro atoms. The minimum absolute atomic E-state index is 0.882. The predicted octanol–water partition coefficient (Wildman–Crippen LogP) is 3.42. The van der Waals surface area contributed by atoms with Crippen molar-refractivity contribution in [2.45, 2.75) is 6.42 Å². The zero-order valence-corrected chi connectivity index (χ0v) is 8.76. The van der Waals surface area contributed by atoms with Gasteiger partial charge in [-0.3, -0.25) is 0 Å². The normalized spacial score (nSPS) is 10.8. The van der Waals surface area contributed by atoms with Gasteiger partial charge in [-0.25, -0.2) is 4.98 Å². The van der Waals surface area contributed by atoms with Crippen molar-refractivity contribution < 1.29 is 4.42 Å². The van der Waals surface area contributed by atoms with E-state index in [9.17, 15) is 0 Å². The molecule has 2 nitrogen and oxygen atoms in total. The van der Waals surface area contributed by atoms with E-state index < -0.39 is 0 Å². The summed E-state index contributed by atoms with van der Waals surface area (Å²) in [6, 6.07) is 16.4. The van der Waals surface area contributed by atoms with Crippen molar-refractivity contribution in [3.63, 3.8) is 0 Å². The van der Waals surface area contributed by atoms with Gasteiger partial charge < -0.3 is 4.42 Å². The third kappa shape index (κ3) is 1.58. The summed E-state index contributed by atoms with van der Waals surface area (Å²) in [5, 5.41) is 0. The van der Waals surface area contributed by atoms with Crippen molar-refractivity contribution in [1.82, 2.24) is 4.98 Å². The summed E-state index contributed by atoms with van der Waals surface area (Å²) in [5.74, 6) is 0. The first kappa shape index (κ1) is 9.16. The molecule has 0 amide bonds. The first-order valence-corrected chi connectivity index (χ1v) is 5.28. The van der Waals surface area contributed by atoms with Gasteiger partial charge in [-0.15, -0.1) is 0 Å². The van der Waals surface area contributed by atoms with E-state index in [0.717, 1.165) is 17.5 Å². The highest BCUT2D eigenvalue weighted by molar-refractivity contribution is 5.76. The topological polar surface area (TPSA) is 26.0 Å². The summed E-state index contributed by atoms with van der Waals surface area (Å²) in [6.07, 6.45) is 2.38. The maximum atomic E-state index is 5.41. The molecule has 3 aromatic rings. The molecule has 0 aliphatic heterocycles. The van der Waals surface area contributed by atoms with E-state index in [4.69, 9.17) is 4.42 Å². The maximum Gasteiger partial charge on any atom is 0.181 e. The molecule has 16 heavy (non-hydrogen) atoms. The van der Waals surface area contributed by atoms with E-state index >= 15 is 0 Å². The molecule has 0 unspecified atom stereocenters. The first-order valence-electron chi connectivity index (χ1n) is 5.28. The molecular formula is C14H11NO. The van der Waals surface area contributed by atoms with Crippen molar-refractivity contribution >= 4 is 11.1 Å². The number of oxazole rings is 1. The van der Waals surface area contributed by atoms with Crippen molar-refractivity contribution in [1.29, 1.82) is 0 Å². The second-order valence-corrected chi connectivity index (χ2v) is 3.78. The molecule has 0 atom stereocenters. The Morgan fingerprint density at radius 3 is 2.69 bits per heavy atom. The summed E-state index contributed by atoms with van der Waals surface area (Å²) in [4.78, 5) is 4.15. The fraction of sp³-hybridized carbons (Fsp3) is 0.0714. The molecule has 0 N–H and O–H groups in total. The van der Waals surface area contributed by atoms with E-state index in [0.29, 0.717) is 0 Å². The Bertz CT molecular complexity index is 598. The lowest BCUT2D eigenvalue weighted by Gasteiger charge is -2.01. The minimum Gasteiger partial charge on any atom is -0.443 e. The number of aromatic nitrogens is 1. The lowest BCUT2D eigenvalue weighted by molar-refractivity contribution is 0.598. The fourth-order valence-electron chi connectivity index (χ4n) is 1.90. The molecule has 0 saturated heterocycles. The molecule has 1 aromatic heterocycles. The second kappa shape index (κ2) is 3.81. The van der Waals surface area contributed by atoms with Crippen molar-refractivity contribution in [3.05, 3.63) is 66.1 Å². The number of fused-ring (bicyclic) bond motifs is 1. The van der Waals surface area contributed by atoms with E-state index in [1.54, 1.807) is 0 Å². The van der Waals surface area contributed by atoms with E-state index in [1.807, 2.05) is 18.2 Å². The first-order chi connectivity index (χ1) is 7.93. The molecular weight excluding hydrogens is 198 g/mol. The van der Waals surface area contributed by atoms with E-state index in [1.165, 1.54) is 17.5 Å². The highest BCUT2D eigenvalue weighted by atomic mass is 16.3. The molecule has 0 aliphatic rings.